The quantitative estimate of drug-likeness (QED) is 0.560. The predicted molar refractivity (Wildman–Crippen MR) is 68.6 cm³/mol. The highest BCUT2D eigenvalue weighted by molar-refractivity contribution is 5.69. The summed E-state index contributed by atoms with van der Waals surface area (Å²) in [6, 6.07) is 5.03. The zero-order valence-corrected chi connectivity index (χ0v) is 10.1. The molecule has 1 heterocycles. The van der Waals surface area contributed by atoms with Gasteiger partial charge in [-0.25, -0.2) is 0 Å². The summed E-state index contributed by atoms with van der Waals surface area (Å²) in [6.45, 7) is 0. The number of hydrogen-bond acceptors (Lipinski definition) is 3. The number of nitro benzene ring substituents is 1. The Bertz CT molecular complexity index is 516. The van der Waals surface area contributed by atoms with Gasteiger partial charge in [0.25, 0.3) is 5.69 Å². The summed E-state index contributed by atoms with van der Waals surface area (Å²) in [5.41, 5.74) is 0.494. The molecule has 1 spiro atoms. The Hall–Kier alpha value is -1.84. The summed E-state index contributed by atoms with van der Waals surface area (Å²) in [4.78, 5) is 10.6. The molecule has 0 N–H and O–H groups in total. The SMILES string of the molecule is O=[N+]([O-])c1cccc2c1C=CC1(CCCCC1)O2. The van der Waals surface area contributed by atoms with Crippen LogP contribution in [0.3, 0.4) is 0 Å². The highest BCUT2D eigenvalue weighted by Crippen LogP contribution is 2.42. The number of hydrogen-bond donors (Lipinski definition) is 0. The first kappa shape index (κ1) is 11.3. The lowest BCUT2D eigenvalue weighted by molar-refractivity contribution is -0.385. The average molecular weight is 245 g/mol. The third-order valence-electron chi connectivity index (χ3n) is 3.81. The van der Waals surface area contributed by atoms with Crippen LogP contribution in [0.25, 0.3) is 6.08 Å². The number of benzene rings is 1. The van der Waals surface area contributed by atoms with E-state index in [1.807, 2.05) is 18.2 Å². The largest absolute Gasteiger partial charge is 0.482 e. The van der Waals surface area contributed by atoms with Crippen molar-refractivity contribution in [2.75, 3.05) is 0 Å². The average Bonchev–Trinajstić information content (AvgIpc) is 2.38. The van der Waals surface area contributed by atoms with Gasteiger partial charge in [-0.2, -0.15) is 0 Å². The van der Waals surface area contributed by atoms with Gasteiger partial charge in [0.05, 0.1) is 10.5 Å². The van der Waals surface area contributed by atoms with Crippen molar-refractivity contribution in [3.63, 3.8) is 0 Å². The minimum atomic E-state index is -0.356. The Morgan fingerprint density at radius 2 is 2.00 bits per heavy atom. The molecule has 1 saturated carbocycles. The van der Waals surface area contributed by atoms with Crippen LogP contribution in [-0.2, 0) is 0 Å². The highest BCUT2D eigenvalue weighted by Gasteiger charge is 2.35. The number of nitro groups is 1. The molecule has 1 fully saturated rings. The minimum Gasteiger partial charge on any atom is -0.482 e. The Morgan fingerprint density at radius 1 is 1.22 bits per heavy atom. The first-order valence-corrected chi connectivity index (χ1v) is 6.36. The minimum absolute atomic E-state index is 0.120. The van der Waals surface area contributed by atoms with Crippen LogP contribution in [-0.4, -0.2) is 10.5 Å². The second kappa shape index (κ2) is 4.12. The molecule has 0 amide bonds. The van der Waals surface area contributed by atoms with E-state index in [0.717, 1.165) is 25.7 Å². The van der Waals surface area contributed by atoms with E-state index in [9.17, 15) is 10.1 Å². The van der Waals surface area contributed by atoms with Crippen molar-refractivity contribution in [3.8, 4) is 5.75 Å². The van der Waals surface area contributed by atoms with E-state index < -0.39 is 0 Å². The molecule has 1 aromatic carbocycles. The van der Waals surface area contributed by atoms with Crippen molar-refractivity contribution in [2.45, 2.75) is 37.7 Å². The smallest absolute Gasteiger partial charge is 0.280 e. The normalized spacial score (nSPS) is 20.2. The van der Waals surface area contributed by atoms with Gasteiger partial charge >= 0.3 is 0 Å². The summed E-state index contributed by atoms with van der Waals surface area (Å²) in [5.74, 6) is 0.647. The summed E-state index contributed by atoms with van der Waals surface area (Å²) < 4.78 is 6.06. The van der Waals surface area contributed by atoms with Crippen LogP contribution in [0.1, 0.15) is 37.7 Å². The molecule has 0 unspecified atom stereocenters. The lowest BCUT2D eigenvalue weighted by Gasteiger charge is -2.37. The van der Waals surface area contributed by atoms with Gasteiger partial charge < -0.3 is 4.74 Å². The van der Waals surface area contributed by atoms with Crippen molar-refractivity contribution in [1.82, 2.24) is 0 Å². The van der Waals surface area contributed by atoms with Gasteiger partial charge in [-0.3, -0.25) is 10.1 Å². The fourth-order valence-electron chi connectivity index (χ4n) is 2.86. The maximum atomic E-state index is 11.0. The molecule has 0 aromatic heterocycles. The number of ether oxygens (including phenoxy) is 1. The molecule has 94 valence electrons. The maximum Gasteiger partial charge on any atom is 0.280 e. The summed E-state index contributed by atoms with van der Waals surface area (Å²) >= 11 is 0. The van der Waals surface area contributed by atoms with E-state index in [1.54, 1.807) is 6.07 Å². The van der Waals surface area contributed by atoms with Gasteiger partial charge in [0.15, 0.2) is 0 Å². The van der Waals surface area contributed by atoms with Gasteiger partial charge in [0.1, 0.15) is 11.4 Å². The van der Waals surface area contributed by atoms with Crippen LogP contribution in [0.5, 0.6) is 5.75 Å². The molecule has 1 aliphatic carbocycles. The second-order valence-electron chi connectivity index (χ2n) is 5.01. The molecule has 3 rings (SSSR count). The molecule has 0 radical (unpaired) electrons. The van der Waals surface area contributed by atoms with E-state index >= 15 is 0 Å². The van der Waals surface area contributed by atoms with Gasteiger partial charge in [0, 0.05) is 6.07 Å². The zero-order chi connectivity index (χ0) is 12.6. The number of nitrogens with zero attached hydrogens (tertiary/aromatic N) is 1. The lowest BCUT2D eigenvalue weighted by Crippen LogP contribution is -2.37. The maximum absolute atomic E-state index is 11.0. The van der Waals surface area contributed by atoms with E-state index in [-0.39, 0.29) is 16.2 Å². The zero-order valence-electron chi connectivity index (χ0n) is 10.1. The molecule has 2 aliphatic rings. The van der Waals surface area contributed by atoms with Gasteiger partial charge in [-0.15, -0.1) is 0 Å². The van der Waals surface area contributed by atoms with Crippen LogP contribution in [0.15, 0.2) is 24.3 Å². The molecule has 4 heteroatoms. The fraction of sp³-hybridized carbons (Fsp3) is 0.429. The van der Waals surface area contributed by atoms with Crippen LogP contribution >= 0.6 is 0 Å². The van der Waals surface area contributed by atoms with Crippen LogP contribution in [0, 0.1) is 10.1 Å². The Morgan fingerprint density at radius 3 is 2.72 bits per heavy atom. The molecule has 1 aliphatic heterocycles. The topological polar surface area (TPSA) is 52.4 Å². The van der Waals surface area contributed by atoms with Gasteiger partial charge in [-0.05, 0) is 43.9 Å². The third-order valence-corrected chi connectivity index (χ3v) is 3.81. The number of fused-ring (bicyclic) bond motifs is 1. The molecular formula is C14H15NO3. The molecule has 1 aromatic rings. The second-order valence-corrected chi connectivity index (χ2v) is 5.01. The summed E-state index contributed by atoms with van der Waals surface area (Å²) in [7, 11) is 0. The molecule has 0 atom stereocenters. The lowest BCUT2D eigenvalue weighted by atomic mass is 9.82. The Balaban J connectivity index is 2.00. The Kier molecular flexibility index (Phi) is 2.58. The Labute approximate surface area is 105 Å². The number of rotatable bonds is 1. The summed E-state index contributed by atoms with van der Waals surface area (Å²) in [5, 5.41) is 11.0. The fourth-order valence-corrected chi connectivity index (χ4v) is 2.86. The van der Waals surface area contributed by atoms with Crippen LogP contribution in [0.4, 0.5) is 5.69 Å². The van der Waals surface area contributed by atoms with E-state index in [1.165, 1.54) is 12.5 Å². The monoisotopic (exact) mass is 245 g/mol. The van der Waals surface area contributed by atoms with Crippen molar-refractivity contribution in [3.05, 3.63) is 40.0 Å². The molecule has 0 saturated heterocycles. The van der Waals surface area contributed by atoms with Crippen LogP contribution < -0.4 is 4.74 Å². The van der Waals surface area contributed by atoms with Crippen molar-refractivity contribution >= 4 is 11.8 Å². The molecular weight excluding hydrogens is 230 g/mol. The molecule has 4 nitrogen and oxygen atoms in total. The first-order chi connectivity index (χ1) is 8.70. The predicted octanol–water partition coefficient (Wildman–Crippen LogP) is 3.70. The van der Waals surface area contributed by atoms with E-state index in [2.05, 4.69) is 0 Å². The third kappa shape index (κ3) is 1.78. The van der Waals surface area contributed by atoms with Crippen molar-refractivity contribution in [1.29, 1.82) is 0 Å². The van der Waals surface area contributed by atoms with Gasteiger partial charge in [-0.1, -0.05) is 12.5 Å². The molecule has 18 heavy (non-hydrogen) atoms. The van der Waals surface area contributed by atoms with Crippen molar-refractivity contribution in [2.24, 2.45) is 0 Å². The van der Waals surface area contributed by atoms with Crippen molar-refractivity contribution < 1.29 is 9.66 Å². The highest BCUT2D eigenvalue weighted by atomic mass is 16.6. The van der Waals surface area contributed by atoms with Crippen LogP contribution in [0.2, 0.25) is 0 Å². The first-order valence-electron chi connectivity index (χ1n) is 6.36. The summed E-state index contributed by atoms with van der Waals surface area (Å²) in [6.07, 6.45) is 9.46. The van der Waals surface area contributed by atoms with E-state index in [0.29, 0.717) is 11.3 Å². The van der Waals surface area contributed by atoms with E-state index in [4.69, 9.17) is 4.74 Å². The standard InChI is InChI=1S/C14H15NO3/c16-15(17)12-5-4-6-13-11(12)7-10-14(18-13)8-2-1-3-9-14/h4-7,10H,1-3,8-9H2. The molecule has 0 bridgehead atoms. The van der Waals surface area contributed by atoms with Gasteiger partial charge in [0.2, 0.25) is 0 Å².